The number of aliphatic hydroxyl groups excluding tert-OH is 1. The number of rotatable bonds is 2. The molecule has 1 fully saturated rings. The summed E-state index contributed by atoms with van der Waals surface area (Å²) in [5.74, 6) is -2.81. The van der Waals surface area contributed by atoms with Gasteiger partial charge in [0.2, 0.25) is 6.29 Å². The second-order valence-electron chi connectivity index (χ2n) is 3.40. The molecule has 0 amide bonds. The number of halogens is 3. The number of hydrogen-bond acceptors (Lipinski definition) is 4. The molecule has 1 unspecified atom stereocenters. The van der Waals surface area contributed by atoms with E-state index < -0.39 is 24.4 Å². The van der Waals surface area contributed by atoms with Gasteiger partial charge >= 0.3 is 12.1 Å². The second kappa shape index (κ2) is 4.80. The zero-order valence-electron chi connectivity index (χ0n) is 7.88. The predicted octanol–water partition coefficient (Wildman–Crippen LogP) is 0.410. The molecule has 2 atom stereocenters. The van der Waals surface area contributed by atoms with Crippen LogP contribution in [0.3, 0.4) is 0 Å². The van der Waals surface area contributed by atoms with Crippen molar-refractivity contribution in [2.45, 2.75) is 25.3 Å². The van der Waals surface area contributed by atoms with Crippen molar-refractivity contribution in [3.8, 4) is 0 Å². The number of carbonyl (C=O) groups is 1. The van der Waals surface area contributed by atoms with E-state index in [1.165, 1.54) is 0 Å². The van der Waals surface area contributed by atoms with Gasteiger partial charge in [-0.05, 0) is 19.4 Å². The van der Waals surface area contributed by atoms with E-state index >= 15 is 0 Å². The van der Waals surface area contributed by atoms with E-state index in [2.05, 4.69) is 10.1 Å². The molecule has 4 nitrogen and oxygen atoms in total. The summed E-state index contributed by atoms with van der Waals surface area (Å²) in [6.45, 7) is 1.11. The Morgan fingerprint density at radius 3 is 2.67 bits per heavy atom. The number of ether oxygens (including phenoxy) is 1. The first-order valence-corrected chi connectivity index (χ1v) is 4.58. The highest BCUT2D eigenvalue weighted by Crippen LogP contribution is 2.21. The van der Waals surface area contributed by atoms with E-state index in [0.29, 0.717) is 13.0 Å². The molecule has 1 aliphatic rings. The van der Waals surface area contributed by atoms with Crippen LogP contribution < -0.4 is 5.32 Å². The highest BCUT2D eigenvalue weighted by Gasteiger charge is 2.43. The van der Waals surface area contributed by atoms with Crippen molar-refractivity contribution >= 4 is 5.97 Å². The molecule has 0 aromatic heterocycles. The third kappa shape index (κ3) is 3.67. The average molecular weight is 227 g/mol. The van der Waals surface area contributed by atoms with Gasteiger partial charge in [0.15, 0.2) is 0 Å². The van der Waals surface area contributed by atoms with Gasteiger partial charge in [0.1, 0.15) is 0 Å². The molecule has 0 aromatic rings. The Morgan fingerprint density at radius 2 is 2.20 bits per heavy atom. The Balaban J connectivity index is 2.40. The molecule has 7 heteroatoms. The molecule has 0 aliphatic carbocycles. The lowest BCUT2D eigenvalue weighted by atomic mass is 9.99. The van der Waals surface area contributed by atoms with Crippen molar-refractivity contribution in [3.05, 3.63) is 0 Å². The molecule has 1 heterocycles. The lowest BCUT2D eigenvalue weighted by molar-refractivity contribution is -0.226. The molecule has 15 heavy (non-hydrogen) atoms. The van der Waals surface area contributed by atoms with Crippen LogP contribution in [-0.2, 0) is 9.53 Å². The summed E-state index contributed by atoms with van der Waals surface area (Å²) >= 11 is 0. The van der Waals surface area contributed by atoms with Gasteiger partial charge in [-0.2, -0.15) is 13.2 Å². The number of aliphatic hydroxyl groups is 1. The van der Waals surface area contributed by atoms with Crippen LogP contribution in [0, 0.1) is 5.92 Å². The Labute approximate surface area is 84.4 Å². The molecule has 0 radical (unpaired) electrons. The molecular formula is C8H12F3NO3. The van der Waals surface area contributed by atoms with Gasteiger partial charge < -0.3 is 15.2 Å². The summed E-state index contributed by atoms with van der Waals surface area (Å²) in [6, 6.07) is 0. The Bertz CT molecular complexity index is 226. The van der Waals surface area contributed by atoms with Crippen LogP contribution in [0.1, 0.15) is 12.8 Å². The molecule has 0 aromatic carbocycles. The summed E-state index contributed by atoms with van der Waals surface area (Å²) in [5, 5.41) is 12.1. The Morgan fingerprint density at radius 1 is 1.53 bits per heavy atom. The second-order valence-corrected chi connectivity index (χ2v) is 3.40. The molecule has 2 N–H and O–H groups in total. The maximum Gasteiger partial charge on any atom is 0.491 e. The number of esters is 1. The molecule has 88 valence electrons. The van der Waals surface area contributed by atoms with Crippen molar-refractivity contribution in [1.82, 2.24) is 5.32 Å². The van der Waals surface area contributed by atoms with Crippen LogP contribution in [0.5, 0.6) is 0 Å². The fraction of sp³-hybridized carbons (Fsp3) is 0.875. The maximum atomic E-state index is 11.8. The SMILES string of the molecule is O=C(OC(O)[C@H]1CCCNC1)C(F)(F)F. The Kier molecular flexibility index (Phi) is 3.92. The van der Waals surface area contributed by atoms with Gasteiger partial charge in [0.05, 0.1) is 0 Å². The zero-order chi connectivity index (χ0) is 11.5. The van der Waals surface area contributed by atoms with Crippen LogP contribution in [0.4, 0.5) is 13.2 Å². The molecule has 0 bridgehead atoms. The van der Waals surface area contributed by atoms with Gasteiger partial charge in [-0.3, -0.25) is 0 Å². The average Bonchev–Trinajstić information content (AvgIpc) is 2.17. The molecule has 0 saturated carbocycles. The molecule has 1 aliphatic heterocycles. The largest absolute Gasteiger partial charge is 0.491 e. The topological polar surface area (TPSA) is 58.6 Å². The van der Waals surface area contributed by atoms with Crippen LogP contribution in [-0.4, -0.2) is 36.6 Å². The van der Waals surface area contributed by atoms with Crippen LogP contribution in [0.25, 0.3) is 0 Å². The van der Waals surface area contributed by atoms with E-state index in [9.17, 15) is 23.1 Å². The molecule has 1 saturated heterocycles. The first kappa shape index (κ1) is 12.3. The van der Waals surface area contributed by atoms with E-state index in [4.69, 9.17) is 0 Å². The Hall–Kier alpha value is -0.820. The quantitative estimate of drug-likeness (QED) is 0.530. The van der Waals surface area contributed by atoms with E-state index in [1.807, 2.05) is 0 Å². The first-order valence-electron chi connectivity index (χ1n) is 4.58. The number of carbonyl (C=O) groups excluding carboxylic acids is 1. The minimum Gasteiger partial charge on any atom is -0.429 e. The third-order valence-corrected chi connectivity index (χ3v) is 2.20. The minimum atomic E-state index is -5.05. The normalized spacial score (nSPS) is 24.7. The number of hydrogen-bond donors (Lipinski definition) is 2. The van der Waals surface area contributed by atoms with Crippen molar-refractivity contribution < 1.29 is 27.8 Å². The van der Waals surface area contributed by atoms with Crippen molar-refractivity contribution in [1.29, 1.82) is 0 Å². The van der Waals surface area contributed by atoms with Crippen LogP contribution >= 0.6 is 0 Å². The standard InChI is InChI=1S/C8H12F3NO3/c9-8(10,11)7(14)15-6(13)5-2-1-3-12-4-5/h5-6,12-13H,1-4H2/t5-,6?/m0/s1. The fourth-order valence-electron chi connectivity index (χ4n) is 1.39. The lowest BCUT2D eigenvalue weighted by Gasteiger charge is -2.26. The van der Waals surface area contributed by atoms with Gasteiger partial charge in [0, 0.05) is 12.5 Å². The van der Waals surface area contributed by atoms with Gasteiger partial charge in [-0.15, -0.1) is 0 Å². The number of alkyl halides is 3. The van der Waals surface area contributed by atoms with Crippen molar-refractivity contribution in [3.63, 3.8) is 0 Å². The van der Waals surface area contributed by atoms with Crippen molar-refractivity contribution in [2.75, 3.05) is 13.1 Å². The lowest BCUT2D eigenvalue weighted by Crippen LogP contribution is -2.41. The van der Waals surface area contributed by atoms with Gasteiger partial charge in [-0.25, -0.2) is 4.79 Å². The summed E-state index contributed by atoms with van der Waals surface area (Å²) < 4.78 is 39.2. The predicted molar refractivity (Wildman–Crippen MR) is 43.7 cm³/mol. The highest BCUT2D eigenvalue weighted by molar-refractivity contribution is 5.75. The highest BCUT2D eigenvalue weighted by atomic mass is 19.4. The molecule has 1 rings (SSSR count). The summed E-state index contributed by atoms with van der Waals surface area (Å²) in [4.78, 5) is 10.4. The summed E-state index contributed by atoms with van der Waals surface area (Å²) in [7, 11) is 0. The van der Waals surface area contributed by atoms with E-state index in [1.54, 1.807) is 0 Å². The summed E-state index contributed by atoms with van der Waals surface area (Å²) in [5.41, 5.74) is 0. The first-order chi connectivity index (χ1) is 6.91. The molecular weight excluding hydrogens is 215 g/mol. The maximum absolute atomic E-state index is 11.8. The van der Waals surface area contributed by atoms with E-state index in [0.717, 1.165) is 13.0 Å². The van der Waals surface area contributed by atoms with Crippen LogP contribution in [0.2, 0.25) is 0 Å². The van der Waals surface area contributed by atoms with Crippen LogP contribution in [0.15, 0.2) is 0 Å². The molecule has 0 spiro atoms. The number of piperidine rings is 1. The number of nitrogens with one attached hydrogen (secondary N) is 1. The van der Waals surface area contributed by atoms with E-state index in [-0.39, 0.29) is 0 Å². The van der Waals surface area contributed by atoms with Gasteiger partial charge in [0.25, 0.3) is 0 Å². The fourth-order valence-corrected chi connectivity index (χ4v) is 1.39. The smallest absolute Gasteiger partial charge is 0.429 e. The van der Waals surface area contributed by atoms with Crippen molar-refractivity contribution in [2.24, 2.45) is 5.92 Å². The summed E-state index contributed by atoms with van der Waals surface area (Å²) in [6.07, 6.45) is -5.46. The minimum absolute atomic E-state index is 0.353. The zero-order valence-corrected chi connectivity index (χ0v) is 7.88. The van der Waals surface area contributed by atoms with Gasteiger partial charge in [-0.1, -0.05) is 0 Å². The monoisotopic (exact) mass is 227 g/mol. The third-order valence-electron chi connectivity index (χ3n) is 2.20.